The first-order valence-electron chi connectivity index (χ1n) is 8.67. The monoisotopic (exact) mass is 443 g/mol. The Morgan fingerprint density at radius 1 is 1.00 bits per heavy atom. The van der Waals surface area contributed by atoms with E-state index in [1.54, 1.807) is 48.7 Å². The lowest BCUT2D eigenvalue weighted by Gasteiger charge is -2.11. The fourth-order valence-electron chi connectivity index (χ4n) is 2.60. The highest BCUT2D eigenvalue weighted by atomic mass is 35.5. The van der Waals surface area contributed by atoms with Gasteiger partial charge in [0, 0.05) is 31.8 Å². The Bertz CT molecular complexity index is 1060. The Morgan fingerprint density at radius 3 is 2.52 bits per heavy atom. The summed E-state index contributed by atoms with van der Waals surface area (Å²) in [5, 5.41) is 15.1. The molecule has 0 unspecified atom stereocenters. The summed E-state index contributed by atoms with van der Waals surface area (Å²) in [6.45, 7) is 0.635. The normalized spacial score (nSPS) is 10.7. The largest absolute Gasteiger partial charge is 0.488 e. The molecule has 0 atom stereocenters. The molecule has 4 nitrogen and oxygen atoms in total. The summed E-state index contributed by atoms with van der Waals surface area (Å²) >= 11 is 18.4. The maximum absolute atomic E-state index is 9.21. The van der Waals surface area contributed by atoms with Gasteiger partial charge in [-0.05, 0) is 36.4 Å². The van der Waals surface area contributed by atoms with Crippen LogP contribution >= 0.6 is 34.8 Å². The Hall–Kier alpha value is -2.71. The smallest absolute Gasteiger partial charge is 0.128 e. The number of ether oxygens (including phenoxy) is 1. The zero-order chi connectivity index (χ0) is 20.6. The number of hydrazone groups is 1. The molecule has 29 heavy (non-hydrogen) atoms. The topological polar surface area (TPSA) is 57.4 Å². The summed E-state index contributed by atoms with van der Waals surface area (Å²) in [4.78, 5) is 0. The molecule has 3 aromatic rings. The van der Waals surface area contributed by atoms with Crippen molar-refractivity contribution < 1.29 is 4.74 Å². The Morgan fingerprint density at radius 2 is 1.76 bits per heavy atom. The van der Waals surface area contributed by atoms with Crippen LogP contribution in [-0.4, -0.2) is 6.21 Å². The van der Waals surface area contributed by atoms with E-state index in [9.17, 15) is 5.26 Å². The second kappa shape index (κ2) is 10.2. The van der Waals surface area contributed by atoms with Crippen LogP contribution in [0.1, 0.15) is 22.3 Å². The van der Waals surface area contributed by atoms with E-state index >= 15 is 0 Å². The molecule has 0 aliphatic rings. The van der Waals surface area contributed by atoms with Gasteiger partial charge in [0.15, 0.2) is 0 Å². The molecule has 0 bridgehead atoms. The summed E-state index contributed by atoms with van der Waals surface area (Å²) in [6.07, 6.45) is 1.61. The summed E-state index contributed by atoms with van der Waals surface area (Å²) in [7, 11) is 0. The van der Waals surface area contributed by atoms with Gasteiger partial charge in [-0.15, -0.1) is 0 Å². The molecule has 0 aliphatic heterocycles. The van der Waals surface area contributed by atoms with Crippen LogP contribution in [0.25, 0.3) is 0 Å². The molecular weight excluding hydrogens is 429 g/mol. The number of hydrogen-bond donors (Lipinski definition) is 1. The third kappa shape index (κ3) is 5.65. The van der Waals surface area contributed by atoms with E-state index in [-0.39, 0.29) is 6.61 Å². The van der Waals surface area contributed by atoms with Crippen molar-refractivity contribution in [3.63, 3.8) is 0 Å². The fraction of sp³-hybridized carbons (Fsp3) is 0.0909. The first-order valence-corrected chi connectivity index (χ1v) is 9.81. The van der Waals surface area contributed by atoms with Gasteiger partial charge in [0.25, 0.3) is 0 Å². The number of hydrogen-bond acceptors (Lipinski definition) is 4. The van der Waals surface area contributed by atoms with Crippen molar-refractivity contribution in [1.29, 1.82) is 5.26 Å². The molecule has 3 rings (SSSR count). The van der Waals surface area contributed by atoms with E-state index in [1.807, 2.05) is 18.2 Å². The van der Waals surface area contributed by atoms with Crippen LogP contribution in [0, 0.1) is 11.3 Å². The molecule has 0 spiro atoms. The molecule has 0 saturated heterocycles. The van der Waals surface area contributed by atoms with E-state index in [1.165, 1.54) is 0 Å². The van der Waals surface area contributed by atoms with Gasteiger partial charge in [-0.25, -0.2) is 0 Å². The number of nitrogens with one attached hydrogen (secondary N) is 1. The molecule has 3 aromatic carbocycles. The van der Waals surface area contributed by atoms with Gasteiger partial charge >= 0.3 is 0 Å². The average molecular weight is 445 g/mol. The summed E-state index contributed by atoms with van der Waals surface area (Å²) in [5.74, 6) is 0.600. The van der Waals surface area contributed by atoms with Crippen LogP contribution in [0.3, 0.4) is 0 Å². The summed E-state index contributed by atoms with van der Waals surface area (Å²) in [5.41, 5.74) is 5.78. The van der Waals surface area contributed by atoms with Crippen LogP contribution < -0.4 is 10.2 Å². The van der Waals surface area contributed by atoms with E-state index < -0.39 is 0 Å². The number of halogens is 3. The zero-order valence-corrected chi connectivity index (χ0v) is 17.5. The lowest BCUT2D eigenvalue weighted by molar-refractivity contribution is 0.305. The van der Waals surface area contributed by atoms with E-state index in [0.717, 1.165) is 11.1 Å². The minimum Gasteiger partial charge on any atom is -0.488 e. The van der Waals surface area contributed by atoms with Crippen molar-refractivity contribution in [2.24, 2.45) is 5.10 Å². The number of nitriles is 1. The summed E-state index contributed by atoms with van der Waals surface area (Å²) in [6, 6.07) is 20.1. The predicted molar refractivity (Wildman–Crippen MR) is 118 cm³/mol. The second-order valence-corrected chi connectivity index (χ2v) is 7.28. The van der Waals surface area contributed by atoms with Crippen LogP contribution in [-0.2, 0) is 13.2 Å². The second-order valence-electron chi connectivity index (χ2n) is 6.03. The minimum absolute atomic E-state index is 0.259. The van der Waals surface area contributed by atoms with Crippen LogP contribution in [0.2, 0.25) is 15.1 Å². The quantitative estimate of drug-likeness (QED) is 0.347. The number of benzene rings is 3. The lowest BCUT2D eigenvalue weighted by Crippen LogP contribution is -2.07. The SMILES string of the molecule is N#Cc1ccccc1COc1ccc(Cl)cc1/C=N\NCc1c(Cl)cccc1Cl. The van der Waals surface area contributed by atoms with E-state index in [4.69, 9.17) is 39.5 Å². The predicted octanol–water partition coefficient (Wildman–Crippen LogP) is 6.22. The first kappa shape index (κ1) is 21.0. The molecule has 146 valence electrons. The van der Waals surface area contributed by atoms with Crippen molar-refractivity contribution in [3.8, 4) is 11.8 Å². The molecule has 0 saturated carbocycles. The average Bonchev–Trinajstić information content (AvgIpc) is 2.72. The van der Waals surface area contributed by atoms with Gasteiger partial charge in [0.1, 0.15) is 12.4 Å². The molecular formula is C22H16Cl3N3O. The van der Waals surface area contributed by atoms with Crippen molar-refractivity contribution in [2.75, 3.05) is 0 Å². The minimum atomic E-state index is 0.259. The van der Waals surface area contributed by atoms with Crippen LogP contribution in [0.4, 0.5) is 0 Å². The molecule has 7 heteroatoms. The molecule has 1 N–H and O–H groups in total. The fourth-order valence-corrected chi connectivity index (χ4v) is 3.32. The summed E-state index contributed by atoms with van der Waals surface area (Å²) < 4.78 is 5.90. The third-order valence-electron chi connectivity index (χ3n) is 4.11. The van der Waals surface area contributed by atoms with Crippen molar-refractivity contribution >= 4 is 41.0 Å². The number of rotatable bonds is 7. The van der Waals surface area contributed by atoms with E-state index in [0.29, 0.717) is 38.5 Å². The third-order valence-corrected chi connectivity index (χ3v) is 5.05. The van der Waals surface area contributed by atoms with Gasteiger partial charge in [0.2, 0.25) is 0 Å². The van der Waals surface area contributed by atoms with Gasteiger partial charge in [-0.2, -0.15) is 10.4 Å². The highest BCUT2D eigenvalue weighted by Gasteiger charge is 2.07. The number of nitrogens with zero attached hydrogens (tertiary/aromatic N) is 2. The maximum Gasteiger partial charge on any atom is 0.128 e. The Balaban J connectivity index is 1.70. The molecule has 0 heterocycles. The highest BCUT2D eigenvalue weighted by Crippen LogP contribution is 2.25. The van der Waals surface area contributed by atoms with Crippen molar-refractivity contribution in [1.82, 2.24) is 5.43 Å². The molecule has 0 amide bonds. The Labute approximate surface area is 184 Å². The van der Waals surface area contributed by atoms with Gasteiger partial charge < -0.3 is 10.2 Å². The van der Waals surface area contributed by atoms with Crippen LogP contribution in [0.15, 0.2) is 65.8 Å². The van der Waals surface area contributed by atoms with Crippen molar-refractivity contribution in [3.05, 3.63) is 98.0 Å². The van der Waals surface area contributed by atoms with E-state index in [2.05, 4.69) is 16.6 Å². The molecule has 0 aromatic heterocycles. The van der Waals surface area contributed by atoms with Crippen LogP contribution in [0.5, 0.6) is 5.75 Å². The Kier molecular flexibility index (Phi) is 7.37. The standard InChI is InChI=1S/C22H16Cl3N3O/c23-18-8-9-22(29-14-16-5-2-1-4-15(16)11-26)17(10-18)12-27-28-13-19-20(24)6-3-7-21(19)25/h1-10,12,28H,13-14H2/b27-12-. The molecule has 0 aliphatic carbocycles. The maximum atomic E-state index is 9.21. The molecule has 0 fully saturated rings. The van der Waals surface area contributed by atoms with Gasteiger partial charge in [-0.3, -0.25) is 0 Å². The van der Waals surface area contributed by atoms with Crippen molar-refractivity contribution in [2.45, 2.75) is 13.2 Å². The van der Waals surface area contributed by atoms with Gasteiger partial charge in [-0.1, -0.05) is 59.1 Å². The first-order chi connectivity index (χ1) is 14.1. The molecule has 0 radical (unpaired) electrons. The zero-order valence-electron chi connectivity index (χ0n) is 15.2. The van der Waals surface area contributed by atoms with Gasteiger partial charge in [0.05, 0.1) is 24.4 Å². The highest BCUT2D eigenvalue weighted by molar-refractivity contribution is 6.36. The lowest BCUT2D eigenvalue weighted by atomic mass is 10.1.